The van der Waals surface area contributed by atoms with Crippen molar-refractivity contribution in [1.82, 2.24) is 0 Å². The van der Waals surface area contributed by atoms with E-state index in [1.807, 2.05) is 6.26 Å². The largest absolute Gasteiger partial charge is 0.376 e. The second kappa shape index (κ2) is 5.32. The van der Waals surface area contributed by atoms with Crippen LogP contribution in [0.1, 0.15) is 19.3 Å². The Morgan fingerprint density at radius 1 is 1.47 bits per heavy atom. The van der Waals surface area contributed by atoms with Crippen LogP contribution in [-0.2, 0) is 0 Å². The molecule has 0 saturated heterocycles. The van der Waals surface area contributed by atoms with Crippen molar-refractivity contribution in [2.24, 2.45) is 0 Å². The fraction of sp³-hybridized carbons (Fsp3) is 0.500. The third-order valence-corrected chi connectivity index (χ3v) is 4.97. The van der Waals surface area contributed by atoms with Crippen molar-refractivity contribution in [3.05, 3.63) is 33.9 Å². The summed E-state index contributed by atoms with van der Waals surface area (Å²) in [5.41, 5.74) is -0.792. The Labute approximate surface area is 113 Å². The zero-order valence-electron chi connectivity index (χ0n) is 10.4. The van der Waals surface area contributed by atoms with Crippen LogP contribution >= 0.6 is 11.8 Å². The first-order valence-corrected chi connectivity index (χ1v) is 7.13. The van der Waals surface area contributed by atoms with Crippen molar-refractivity contribution in [1.29, 1.82) is 0 Å². The molecule has 0 spiro atoms. The standard InChI is InChI=1S/C12H14F2N2O2S/c1-19-12(5-2-6-12)7-15-11-9(16(17)18)4-3-8(13)10(11)14/h3-4,15H,2,5-7H2,1H3. The molecule has 104 valence electrons. The Morgan fingerprint density at radius 3 is 2.63 bits per heavy atom. The van der Waals surface area contributed by atoms with E-state index in [-0.39, 0.29) is 10.4 Å². The van der Waals surface area contributed by atoms with E-state index in [1.54, 1.807) is 11.8 Å². The number of nitro benzene ring substituents is 1. The number of benzene rings is 1. The number of thioether (sulfide) groups is 1. The number of hydrogen-bond acceptors (Lipinski definition) is 4. The van der Waals surface area contributed by atoms with Gasteiger partial charge in [-0.1, -0.05) is 6.42 Å². The minimum absolute atomic E-state index is 0.0212. The van der Waals surface area contributed by atoms with Crippen LogP contribution in [-0.4, -0.2) is 22.5 Å². The van der Waals surface area contributed by atoms with Crippen LogP contribution in [0.2, 0.25) is 0 Å². The second-order valence-corrected chi connectivity index (χ2v) is 5.88. The molecular formula is C12H14F2N2O2S. The molecule has 0 aromatic heterocycles. The van der Waals surface area contributed by atoms with Crippen molar-refractivity contribution in [3.8, 4) is 0 Å². The molecule has 0 aliphatic heterocycles. The average molecular weight is 288 g/mol. The van der Waals surface area contributed by atoms with Crippen LogP contribution in [0.5, 0.6) is 0 Å². The fourth-order valence-corrected chi connectivity index (χ4v) is 3.05. The fourth-order valence-electron chi connectivity index (χ4n) is 2.13. The van der Waals surface area contributed by atoms with Crippen LogP contribution in [0.4, 0.5) is 20.2 Å². The Morgan fingerprint density at radius 2 is 2.16 bits per heavy atom. The lowest BCUT2D eigenvalue weighted by atomic mass is 9.84. The molecule has 1 aromatic rings. The Hall–Kier alpha value is -1.37. The predicted octanol–water partition coefficient (Wildman–Crippen LogP) is 3.57. The number of hydrogen-bond donors (Lipinski definition) is 1. The maximum atomic E-state index is 13.7. The van der Waals surface area contributed by atoms with Gasteiger partial charge in [0.2, 0.25) is 0 Å². The Bertz CT molecular complexity index is 501. The first kappa shape index (κ1) is 14.0. The molecule has 7 heteroatoms. The normalized spacial score (nSPS) is 16.8. The van der Waals surface area contributed by atoms with Crippen LogP contribution in [0.25, 0.3) is 0 Å². The summed E-state index contributed by atoms with van der Waals surface area (Å²) < 4.78 is 26.8. The predicted molar refractivity (Wildman–Crippen MR) is 71.6 cm³/mol. The molecule has 0 radical (unpaired) electrons. The average Bonchev–Trinajstić information content (AvgIpc) is 2.33. The lowest BCUT2D eigenvalue weighted by Gasteiger charge is -2.40. The highest BCUT2D eigenvalue weighted by Gasteiger charge is 2.36. The zero-order valence-corrected chi connectivity index (χ0v) is 11.2. The maximum absolute atomic E-state index is 13.7. The van der Waals surface area contributed by atoms with Gasteiger partial charge in [0.05, 0.1) is 4.92 Å². The molecular weight excluding hydrogens is 274 g/mol. The van der Waals surface area contributed by atoms with Gasteiger partial charge >= 0.3 is 0 Å². The lowest BCUT2D eigenvalue weighted by Crippen LogP contribution is -2.40. The summed E-state index contributed by atoms with van der Waals surface area (Å²) in [4.78, 5) is 10.1. The molecule has 0 amide bonds. The molecule has 1 fully saturated rings. The molecule has 0 bridgehead atoms. The van der Waals surface area contributed by atoms with Gasteiger partial charge in [-0.05, 0) is 25.2 Å². The van der Waals surface area contributed by atoms with Gasteiger partial charge in [-0.3, -0.25) is 10.1 Å². The van der Waals surface area contributed by atoms with Gasteiger partial charge in [-0.2, -0.15) is 11.8 Å². The number of halogens is 2. The van der Waals surface area contributed by atoms with E-state index in [0.717, 1.165) is 31.4 Å². The third kappa shape index (κ3) is 2.65. The molecule has 2 rings (SSSR count). The number of rotatable bonds is 5. The van der Waals surface area contributed by atoms with Gasteiger partial charge in [-0.15, -0.1) is 0 Å². The quantitative estimate of drug-likeness (QED) is 0.664. The van der Waals surface area contributed by atoms with E-state index in [4.69, 9.17) is 0 Å². The summed E-state index contributed by atoms with van der Waals surface area (Å²) in [5.74, 6) is -2.27. The summed E-state index contributed by atoms with van der Waals surface area (Å²) in [6.07, 6.45) is 5.01. The molecule has 1 aliphatic carbocycles. The first-order valence-electron chi connectivity index (χ1n) is 5.90. The van der Waals surface area contributed by atoms with Gasteiger partial charge in [0, 0.05) is 17.4 Å². The van der Waals surface area contributed by atoms with Crippen molar-refractivity contribution in [3.63, 3.8) is 0 Å². The molecule has 1 saturated carbocycles. The summed E-state index contributed by atoms with van der Waals surface area (Å²) in [5, 5.41) is 13.6. The van der Waals surface area contributed by atoms with Crippen LogP contribution in [0.3, 0.4) is 0 Å². The third-order valence-electron chi connectivity index (χ3n) is 3.55. The van der Waals surface area contributed by atoms with Crippen molar-refractivity contribution in [2.75, 3.05) is 18.1 Å². The number of anilines is 1. The SMILES string of the molecule is CSC1(CNc2c([N+](=O)[O-])ccc(F)c2F)CCC1. The smallest absolute Gasteiger partial charge is 0.295 e. The van der Waals surface area contributed by atoms with E-state index < -0.39 is 22.2 Å². The van der Waals surface area contributed by atoms with Gasteiger partial charge in [0.1, 0.15) is 0 Å². The topological polar surface area (TPSA) is 55.2 Å². The van der Waals surface area contributed by atoms with Crippen LogP contribution < -0.4 is 5.32 Å². The number of nitrogens with zero attached hydrogens (tertiary/aromatic N) is 1. The van der Waals surface area contributed by atoms with E-state index in [9.17, 15) is 18.9 Å². The second-order valence-electron chi connectivity index (χ2n) is 4.61. The van der Waals surface area contributed by atoms with Gasteiger partial charge in [0.15, 0.2) is 17.3 Å². The van der Waals surface area contributed by atoms with Gasteiger partial charge < -0.3 is 5.32 Å². The van der Waals surface area contributed by atoms with Gasteiger partial charge in [-0.25, -0.2) is 8.78 Å². The molecule has 19 heavy (non-hydrogen) atoms. The highest BCUT2D eigenvalue weighted by molar-refractivity contribution is 8.00. The minimum Gasteiger partial charge on any atom is -0.376 e. The van der Waals surface area contributed by atoms with Crippen LogP contribution in [0.15, 0.2) is 12.1 Å². The highest BCUT2D eigenvalue weighted by atomic mass is 32.2. The Kier molecular flexibility index (Phi) is 3.93. The van der Waals surface area contributed by atoms with Crippen molar-refractivity contribution in [2.45, 2.75) is 24.0 Å². The summed E-state index contributed by atoms with van der Waals surface area (Å²) in [6, 6.07) is 1.75. The first-order chi connectivity index (χ1) is 8.99. The summed E-state index contributed by atoms with van der Waals surface area (Å²) >= 11 is 1.65. The lowest BCUT2D eigenvalue weighted by molar-refractivity contribution is -0.384. The monoisotopic (exact) mass is 288 g/mol. The molecule has 1 aromatic carbocycles. The maximum Gasteiger partial charge on any atom is 0.295 e. The molecule has 0 heterocycles. The summed E-state index contributed by atoms with van der Waals surface area (Å²) in [7, 11) is 0. The molecule has 0 atom stereocenters. The van der Waals surface area contributed by atoms with E-state index in [0.29, 0.717) is 6.54 Å². The molecule has 0 unspecified atom stereocenters. The number of nitrogens with one attached hydrogen (secondary N) is 1. The van der Waals surface area contributed by atoms with Crippen molar-refractivity contribution < 1.29 is 13.7 Å². The number of nitro groups is 1. The molecule has 4 nitrogen and oxygen atoms in total. The summed E-state index contributed by atoms with van der Waals surface area (Å²) in [6.45, 7) is 0.398. The molecule has 1 aliphatic rings. The Balaban J connectivity index is 2.23. The van der Waals surface area contributed by atoms with Crippen molar-refractivity contribution >= 4 is 23.1 Å². The minimum atomic E-state index is -1.19. The van der Waals surface area contributed by atoms with Crippen LogP contribution in [0, 0.1) is 21.7 Å². The highest BCUT2D eigenvalue weighted by Crippen LogP contribution is 2.43. The van der Waals surface area contributed by atoms with Gasteiger partial charge in [0.25, 0.3) is 5.69 Å². The van der Waals surface area contributed by atoms with E-state index >= 15 is 0 Å². The van der Waals surface area contributed by atoms with E-state index in [1.165, 1.54) is 0 Å². The zero-order chi connectivity index (χ0) is 14.0. The molecule has 1 N–H and O–H groups in total. The van der Waals surface area contributed by atoms with E-state index in [2.05, 4.69) is 5.32 Å².